The zero-order valence-electron chi connectivity index (χ0n) is 12.7. The number of carbonyl (C=O) groups excluding carboxylic acids is 1. The summed E-state index contributed by atoms with van der Waals surface area (Å²) in [6.45, 7) is 3.05. The van der Waals surface area contributed by atoms with Crippen molar-refractivity contribution >= 4 is 17.5 Å². The lowest BCUT2D eigenvalue weighted by molar-refractivity contribution is 0.0468. The molecule has 8 heteroatoms. The second-order valence-corrected chi connectivity index (χ2v) is 5.84. The van der Waals surface area contributed by atoms with Gasteiger partial charge in [0.15, 0.2) is 5.82 Å². The Balaban J connectivity index is 1.83. The molecule has 1 fully saturated rings. The SMILES string of the molecule is Cc1noc([C@H](NC(=O)c2ccncc2Cl)C2CCOCC2)n1. The molecule has 0 saturated carbocycles. The van der Waals surface area contributed by atoms with E-state index in [9.17, 15) is 4.79 Å². The summed E-state index contributed by atoms with van der Waals surface area (Å²) in [5, 5.41) is 7.10. The summed E-state index contributed by atoms with van der Waals surface area (Å²) in [4.78, 5) is 20.7. The van der Waals surface area contributed by atoms with Crippen molar-refractivity contribution in [1.82, 2.24) is 20.4 Å². The molecule has 7 nitrogen and oxygen atoms in total. The number of nitrogens with zero attached hydrogens (tertiary/aromatic N) is 3. The second-order valence-electron chi connectivity index (χ2n) is 5.44. The van der Waals surface area contributed by atoms with Crippen molar-refractivity contribution in [2.24, 2.45) is 5.92 Å². The first-order valence-electron chi connectivity index (χ1n) is 7.43. The first kappa shape index (κ1) is 15.9. The van der Waals surface area contributed by atoms with Crippen LogP contribution in [0.25, 0.3) is 0 Å². The summed E-state index contributed by atoms with van der Waals surface area (Å²) >= 11 is 6.04. The van der Waals surface area contributed by atoms with Crippen molar-refractivity contribution < 1.29 is 14.1 Å². The topological polar surface area (TPSA) is 90.1 Å². The molecule has 23 heavy (non-hydrogen) atoms. The molecule has 1 aliphatic rings. The van der Waals surface area contributed by atoms with Crippen molar-refractivity contribution in [1.29, 1.82) is 0 Å². The Morgan fingerprint density at radius 3 is 2.87 bits per heavy atom. The average Bonchev–Trinajstić information content (AvgIpc) is 3.00. The molecule has 1 saturated heterocycles. The molecule has 122 valence electrons. The van der Waals surface area contributed by atoms with Gasteiger partial charge in [0.25, 0.3) is 5.91 Å². The van der Waals surface area contributed by atoms with Crippen LogP contribution in [0.1, 0.15) is 41.0 Å². The minimum Gasteiger partial charge on any atom is -0.381 e. The first-order chi connectivity index (χ1) is 11.1. The largest absolute Gasteiger partial charge is 0.381 e. The summed E-state index contributed by atoms with van der Waals surface area (Å²) in [5.41, 5.74) is 0.370. The third kappa shape index (κ3) is 3.68. The fraction of sp³-hybridized carbons (Fsp3) is 0.467. The van der Waals surface area contributed by atoms with Crippen LogP contribution in [0.4, 0.5) is 0 Å². The van der Waals surface area contributed by atoms with Crippen LogP contribution in [-0.4, -0.2) is 34.2 Å². The van der Waals surface area contributed by atoms with Gasteiger partial charge < -0.3 is 14.6 Å². The van der Waals surface area contributed by atoms with E-state index in [1.54, 1.807) is 13.0 Å². The molecule has 3 heterocycles. The van der Waals surface area contributed by atoms with Crippen LogP contribution in [0.2, 0.25) is 5.02 Å². The van der Waals surface area contributed by atoms with Gasteiger partial charge in [-0.3, -0.25) is 9.78 Å². The van der Waals surface area contributed by atoms with Crippen molar-refractivity contribution in [3.05, 3.63) is 40.8 Å². The van der Waals surface area contributed by atoms with Gasteiger partial charge in [-0.1, -0.05) is 16.8 Å². The fourth-order valence-corrected chi connectivity index (χ4v) is 2.85. The van der Waals surface area contributed by atoms with Crippen molar-refractivity contribution in [2.45, 2.75) is 25.8 Å². The van der Waals surface area contributed by atoms with Gasteiger partial charge in [-0.2, -0.15) is 4.98 Å². The summed E-state index contributed by atoms with van der Waals surface area (Å²) in [6.07, 6.45) is 4.60. The number of aryl methyl sites for hydroxylation is 1. The molecule has 1 aliphatic heterocycles. The van der Waals surface area contributed by atoms with E-state index >= 15 is 0 Å². The van der Waals surface area contributed by atoms with Crippen LogP contribution in [0.15, 0.2) is 23.0 Å². The quantitative estimate of drug-likeness (QED) is 0.921. The highest BCUT2D eigenvalue weighted by Crippen LogP contribution is 2.30. The maximum atomic E-state index is 12.6. The average molecular weight is 337 g/mol. The molecule has 1 amide bonds. The summed E-state index contributed by atoms with van der Waals surface area (Å²) in [7, 11) is 0. The Labute approximate surface area is 138 Å². The number of carbonyl (C=O) groups is 1. The molecule has 2 aromatic heterocycles. The smallest absolute Gasteiger partial charge is 0.253 e. The Hall–Kier alpha value is -1.99. The van der Waals surface area contributed by atoms with E-state index in [1.807, 2.05) is 0 Å². The van der Waals surface area contributed by atoms with E-state index in [0.717, 1.165) is 12.8 Å². The van der Waals surface area contributed by atoms with E-state index in [1.165, 1.54) is 12.4 Å². The number of pyridine rings is 1. The van der Waals surface area contributed by atoms with Crippen molar-refractivity contribution in [3.8, 4) is 0 Å². The summed E-state index contributed by atoms with van der Waals surface area (Å²) in [6, 6.07) is 1.22. The van der Waals surface area contributed by atoms with Gasteiger partial charge in [-0.05, 0) is 31.7 Å². The normalized spacial score (nSPS) is 17.0. The molecule has 0 unspecified atom stereocenters. The van der Waals surface area contributed by atoms with Gasteiger partial charge in [0.2, 0.25) is 5.89 Å². The van der Waals surface area contributed by atoms with Gasteiger partial charge in [0, 0.05) is 25.6 Å². The van der Waals surface area contributed by atoms with Gasteiger partial charge in [0.05, 0.1) is 10.6 Å². The molecule has 1 atom stereocenters. The Kier molecular flexibility index (Phi) is 4.88. The van der Waals surface area contributed by atoms with Gasteiger partial charge in [-0.25, -0.2) is 0 Å². The molecule has 0 radical (unpaired) electrons. The lowest BCUT2D eigenvalue weighted by Gasteiger charge is -2.28. The van der Waals surface area contributed by atoms with Crippen LogP contribution in [0, 0.1) is 12.8 Å². The van der Waals surface area contributed by atoms with Gasteiger partial charge in [0.1, 0.15) is 6.04 Å². The predicted octanol–water partition coefficient (Wildman–Crippen LogP) is 2.32. The third-order valence-electron chi connectivity index (χ3n) is 3.85. The van der Waals surface area contributed by atoms with Crippen molar-refractivity contribution in [2.75, 3.05) is 13.2 Å². The number of nitrogens with one attached hydrogen (secondary N) is 1. The number of amides is 1. The summed E-state index contributed by atoms with van der Waals surface area (Å²) < 4.78 is 10.7. The zero-order chi connectivity index (χ0) is 16.2. The minimum atomic E-state index is -0.364. The number of rotatable bonds is 4. The van der Waals surface area contributed by atoms with Crippen LogP contribution in [0.3, 0.4) is 0 Å². The highest BCUT2D eigenvalue weighted by molar-refractivity contribution is 6.33. The number of ether oxygens (including phenoxy) is 1. The molecule has 0 aliphatic carbocycles. The second kappa shape index (κ2) is 7.06. The molecular weight excluding hydrogens is 320 g/mol. The number of halogens is 1. The van der Waals surface area contributed by atoms with E-state index in [4.69, 9.17) is 20.9 Å². The van der Waals surface area contributed by atoms with Crippen molar-refractivity contribution in [3.63, 3.8) is 0 Å². The molecule has 0 bridgehead atoms. The maximum absolute atomic E-state index is 12.6. The number of hydrogen-bond donors (Lipinski definition) is 1. The molecule has 1 N–H and O–H groups in total. The fourth-order valence-electron chi connectivity index (χ4n) is 2.65. The Bertz CT molecular complexity index is 685. The van der Waals surface area contributed by atoms with Crippen LogP contribution >= 0.6 is 11.6 Å². The van der Waals surface area contributed by atoms with E-state index < -0.39 is 0 Å². The van der Waals surface area contributed by atoms with E-state index in [0.29, 0.717) is 35.5 Å². The van der Waals surface area contributed by atoms with Gasteiger partial charge in [-0.15, -0.1) is 0 Å². The monoisotopic (exact) mass is 336 g/mol. The molecule has 2 aromatic rings. The van der Waals surface area contributed by atoms with Crippen LogP contribution in [0.5, 0.6) is 0 Å². The van der Waals surface area contributed by atoms with Gasteiger partial charge >= 0.3 is 0 Å². The van der Waals surface area contributed by atoms with Crippen LogP contribution in [-0.2, 0) is 4.74 Å². The Morgan fingerprint density at radius 2 is 2.22 bits per heavy atom. The molecule has 3 rings (SSSR count). The standard InChI is InChI=1S/C15H17ClN4O3/c1-9-18-15(23-20-9)13(10-3-6-22-7-4-10)19-14(21)11-2-5-17-8-12(11)16/h2,5,8,10,13H,3-4,6-7H2,1H3,(H,19,21)/t13-/m1/s1. The lowest BCUT2D eigenvalue weighted by Crippen LogP contribution is -2.36. The van der Waals surface area contributed by atoms with Crippen LogP contribution < -0.4 is 5.32 Å². The molecular formula is C15H17ClN4O3. The lowest BCUT2D eigenvalue weighted by atomic mass is 9.91. The predicted molar refractivity (Wildman–Crippen MR) is 82.0 cm³/mol. The first-order valence-corrected chi connectivity index (χ1v) is 7.81. The highest BCUT2D eigenvalue weighted by Gasteiger charge is 2.31. The minimum absolute atomic E-state index is 0.174. The zero-order valence-corrected chi connectivity index (χ0v) is 13.4. The third-order valence-corrected chi connectivity index (χ3v) is 4.15. The highest BCUT2D eigenvalue weighted by atomic mass is 35.5. The number of hydrogen-bond acceptors (Lipinski definition) is 6. The van der Waals surface area contributed by atoms with E-state index in [2.05, 4.69) is 20.4 Å². The summed E-state index contributed by atoms with van der Waals surface area (Å²) in [5.74, 6) is 0.832. The van der Waals surface area contributed by atoms with E-state index in [-0.39, 0.29) is 17.9 Å². The molecule has 0 spiro atoms. The Morgan fingerprint density at radius 1 is 1.43 bits per heavy atom. The maximum Gasteiger partial charge on any atom is 0.253 e. The molecule has 0 aromatic carbocycles. The number of aromatic nitrogens is 3.